The van der Waals surface area contributed by atoms with Gasteiger partial charge in [-0.15, -0.1) is 0 Å². The molecule has 0 saturated carbocycles. The van der Waals surface area contributed by atoms with Gasteiger partial charge in [-0.3, -0.25) is 10.1 Å². The lowest BCUT2D eigenvalue weighted by molar-refractivity contribution is -0.143. The van der Waals surface area contributed by atoms with Crippen molar-refractivity contribution < 1.29 is 14.3 Å². The number of carbonyl (C=O) groups excluding carboxylic acids is 2. The minimum Gasteiger partial charge on any atom is -0.468 e. The largest absolute Gasteiger partial charge is 0.468 e. The van der Waals surface area contributed by atoms with Crippen molar-refractivity contribution in [2.45, 2.75) is 19.5 Å². The number of nitrogens with one attached hydrogen (secondary N) is 2. The summed E-state index contributed by atoms with van der Waals surface area (Å²) in [6.07, 6.45) is 0. The Morgan fingerprint density at radius 1 is 1.08 bits per heavy atom. The third-order valence-corrected chi connectivity index (χ3v) is 3.61. The van der Waals surface area contributed by atoms with Gasteiger partial charge in [0.1, 0.15) is 6.04 Å². The molecule has 2 N–H and O–H groups in total. The van der Waals surface area contributed by atoms with Gasteiger partial charge in [0.05, 0.1) is 13.7 Å². The average Bonchev–Trinajstić information content (AvgIpc) is 2.61. The molecule has 0 saturated heterocycles. The van der Waals surface area contributed by atoms with Crippen LogP contribution in [0, 0.1) is 6.92 Å². The Labute approximate surface area is 142 Å². The summed E-state index contributed by atoms with van der Waals surface area (Å²) >= 11 is 0. The Morgan fingerprint density at radius 3 is 2.50 bits per heavy atom. The fourth-order valence-corrected chi connectivity index (χ4v) is 2.38. The molecule has 2 aromatic rings. The molecule has 1 unspecified atom stereocenters. The van der Waals surface area contributed by atoms with Crippen molar-refractivity contribution in [2.75, 3.05) is 13.7 Å². The monoisotopic (exact) mass is 326 g/mol. The summed E-state index contributed by atoms with van der Waals surface area (Å²) in [6.45, 7) is 2.49. The van der Waals surface area contributed by atoms with Gasteiger partial charge in [0.25, 0.3) is 0 Å². The van der Waals surface area contributed by atoms with Gasteiger partial charge in [-0.05, 0) is 18.1 Å². The summed E-state index contributed by atoms with van der Waals surface area (Å²) in [5.41, 5.74) is 2.95. The Morgan fingerprint density at radius 2 is 1.83 bits per heavy atom. The Kier molecular flexibility index (Phi) is 6.51. The van der Waals surface area contributed by atoms with Gasteiger partial charge in [-0.1, -0.05) is 60.2 Å². The topological polar surface area (TPSA) is 67.4 Å². The van der Waals surface area contributed by atoms with Crippen molar-refractivity contribution in [3.8, 4) is 0 Å². The highest BCUT2D eigenvalue weighted by Gasteiger charge is 2.21. The van der Waals surface area contributed by atoms with Crippen LogP contribution in [-0.2, 0) is 20.9 Å². The molecule has 0 bridgehead atoms. The second kappa shape index (κ2) is 8.84. The number of benzene rings is 2. The fraction of sp³-hybridized carbons (Fsp3) is 0.263. The minimum atomic E-state index is -0.666. The molecule has 0 aliphatic heterocycles. The van der Waals surface area contributed by atoms with Gasteiger partial charge < -0.3 is 10.1 Å². The molecule has 0 spiro atoms. The predicted molar refractivity (Wildman–Crippen MR) is 92.2 cm³/mol. The molecule has 0 heterocycles. The first-order valence-corrected chi connectivity index (χ1v) is 7.78. The van der Waals surface area contributed by atoms with Gasteiger partial charge in [-0.2, -0.15) is 0 Å². The Hall–Kier alpha value is -2.66. The lowest BCUT2D eigenvalue weighted by Gasteiger charge is -2.16. The third-order valence-electron chi connectivity index (χ3n) is 3.61. The molecule has 5 nitrogen and oxygen atoms in total. The highest BCUT2D eigenvalue weighted by Crippen LogP contribution is 2.13. The number of rotatable bonds is 7. The quantitative estimate of drug-likeness (QED) is 0.765. The zero-order valence-electron chi connectivity index (χ0n) is 13.9. The first kappa shape index (κ1) is 17.7. The first-order valence-electron chi connectivity index (χ1n) is 7.78. The van der Waals surface area contributed by atoms with E-state index in [4.69, 9.17) is 4.74 Å². The molecular weight excluding hydrogens is 304 g/mol. The van der Waals surface area contributed by atoms with E-state index in [9.17, 15) is 9.59 Å². The first-order chi connectivity index (χ1) is 11.6. The molecule has 1 amide bonds. The minimum absolute atomic E-state index is 0.0283. The van der Waals surface area contributed by atoms with Gasteiger partial charge in [0.2, 0.25) is 5.91 Å². The zero-order chi connectivity index (χ0) is 17.4. The maximum absolute atomic E-state index is 12.0. The van der Waals surface area contributed by atoms with E-state index in [0.29, 0.717) is 6.54 Å². The van der Waals surface area contributed by atoms with Crippen LogP contribution < -0.4 is 10.6 Å². The lowest BCUT2D eigenvalue weighted by Crippen LogP contribution is -2.38. The summed E-state index contributed by atoms with van der Waals surface area (Å²) in [6, 6.07) is 16.5. The van der Waals surface area contributed by atoms with Crippen LogP contribution in [0.25, 0.3) is 0 Å². The van der Waals surface area contributed by atoms with E-state index >= 15 is 0 Å². The molecule has 0 aliphatic carbocycles. The normalized spacial score (nSPS) is 11.6. The van der Waals surface area contributed by atoms with Crippen molar-refractivity contribution >= 4 is 11.9 Å². The number of methoxy groups -OCH3 is 1. The van der Waals surface area contributed by atoms with Crippen molar-refractivity contribution in [3.63, 3.8) is 0 Å². The Balaban J connectivity index is 1.89. The molecule has 24 heavy (non-hydrogen) atoms. The van der Waals surface area contributed by atoms with Crippen LogP contribution in [0.1, 0.15) is 22.7 Å². The lowest BCUT2D eigenvalue weighted by atomic mass is 10.1. The van der Waals surface area contributed by atoms with Crippen LogP contribution in [0.2, 0.25) is 0 Å². The van der Waals surface area contributed by atoms with E-state index < -0.39 is 12.0 Å². The van der Waals surface area contributed by atoms with Crippen molar-refractivity contribution in [1.82, 2.24) is 10.6 Å². The summed E-state index contributed by atoms with van der Waals surface area (Å²) < 4.78 is 4.81. The standard InChI is InChI=1S/C19H22N2O3/c1-14-7-6-8-15(11-14)12-20-17(22)13-21-18(19(23)24-2)16-9-4-3-5-10-16/h3-11,18,21H,12-13H2,1-2H3,(H,20,22). The van der Waals surface area contributed by atoms with E-state index in [2.05, 4.69) is 10.6 Å². The van der Waals surface area contributed by atoms with Gasteiger partial charge in [0, 0.05) is 6.54 Å². The molecule has 2 aromatic carbocycles. The molecule has 0 radical (unpaired) electrons. The molecule has 0 aliphatic rings. The number of carbonyl (C=O) groups is 2. The summed E-state index contributed by atoms with van der Waals surface area (Å²) in [7, 11) is 1.33. The number of aryl methyl sites for hydroxylation is 1. The number of hydrogen-bond acceptors (Lipinski definition) is 4. The van der Waals surface area contributed by atoms with Crippen molar-refractivity contribution in [1.29, 1.82) is 0 Å². The molecule has 1 atom stereocenters. The zero-order valence-corrected chi connectivity index (χ0v) is 13.9. The van der Waals surface area contributed by atoms with Gasteiger partial charge in [0.15, 0.2) is 0 Å². The molecule has 2 rings (SSSR count). The number of ether oxygens (including phenoxy) is 1. The second-order valence-corrected chi connectivity index (χ2v) is 5.51. The van der Waals surface area contributed by atoms with Crippen LogP contribution in [0.5, 0.6) is 0 Å². The smallest absolute Gasteiger partial charge is 0.327 e. The third kappa shape index (κ3) is 5.21. The van der Waals surface area contributed by atoms with E-state index in [1.807, 2.05) is 61.5 Å². The van der Waals surface area contributed by atoms with Crippen LogP contribution in [0.3, 0.4) is 0 Å². The number of amides is 1. The predicted octanol–water partition coefficient (Wildman–Crippen LogP) is 2.12. The molecule has 126 valence electrons. The van der Waals surface area contributed by atoms with Crippen molar-refractivity contribution in [2.24, 2.45) is 0 Å². The van der Waals surface area contributed by atoms with E-state index in [1.54, 1.807) is 0 Å². The van der Waals surface area contributed by atoms with E-state index in [-0.39, 0.29) is 12.5 Å². The highest BCUT2D eigenvalue weighted by atomic mass is 16.5. The number of esters is 1. The number of hydrogen-bond donors (Lipinski definition) is 2. The average molecular weight is 326 g/mol. The van der Waals surface area contributed by atoms with Crippen molar-refractivity contribution in [3.05, 3.63) is 71.3 Å². The van der Waals surface area contributed by atoms with Crippen LogP contribution in [-0.4, -0.2) is 25.5 Å². The van der Waals surface area contributed by atoms with Gasteiger partial charge >= 0.3 is 5.97 Å². The van der Waals surface area contributed by atoms with Crippen LogP contribution in [0.15, 0.2) is 54.6 Å². The molecule has 0 fully saturated rings. The highest BCUT2D eigenvalue weighted by molar-refractivity contribution is 5.81. The van der Waals surface area contributed by atoms with Crippen LogP contribution >= 0.6 is 0 Å². The summed E-state index contributed by atoms with van der Waals surface area (Å²) in [4.78, 5) is 23.9. The van der Waals surface area contributed by atoms with E-state index in [0.717, 1.165) is 16.7 Å². The van der Waals surface area contributed by atoms with E-state index in [1.165, 1.54) is 7.11 Å². The SMILES string of the molecule is COC(=O)C(NCC(=O)NCc1cccc(C)c1)c1ccccc1. The molecular formula is C19H22N2O3. The maximum atomic E-state index is 12.0. The molecule has 0 aromatic heterocycles. The maximum Gasteiger partial charge on any atom is 0.327 e. The summed E-state index contributed by atoms with van der Waals surface area (Å²) in [5.74, 6) is -0.603. The second-order valence-electron chi connectivity index (χ2n) is 5.51. The van der Waals surface area contributed by atoms with Crippen LogP contribution in [0.4, 0.5) is 0 Å². The summed E-state index contributed by atoms with van der Waals surface area (Å²) in [5, 5.41) is 5.78. The molecule has 5 heteroatoms. The fourth-order valence-electron chi connectivity index (χ4n) is 2.38. The Bertz CT molecular complexity index is 686. The van der Waals surface area contributed by atoms with Gasteiger partial charge in [-0.25, -0.2) is 4.79 Å².